The molecule has 2 spiro atoms. The molecule has 1 unspecified atom stereocenters. The van der Waals surface area contributed by atoms with Gasteiger partial charge in [-0.3, -0.25) is 0 Å². The highest BCUT2D eigenvalue weighted by atomic mass is 16.5. The molecule has 3 aliphatic carbocycles. The molecule has 0 bridgehead atoms. The minimum absolute atomic E-state index is 0.464. The van der Waals surface area contributed by atoms with Crippen LogP contribution in [0.3, 0.4) is 0 Å². The van der Waals surface area contributed by atoms with Gasteiger partial charge in [-0.25, -0.2) is 0 Å². The van der Waals surface area contributed by atoms with Crippen LogP contribution in [-0.2, 0) is 10.8 Å². The van der Waals surface area contributed by atoms with E-state index in [9.17, 15) is 0 Å². The Hall–Kier alpha value is -7.48. The lowest BCUT2D eigenvalue weighted by Gasteiger charge is -2.40. The number of rotatable bonds is 1. The zero-order chi connectivity index (χ0) is 38.5. The lowest BCUT2D eigenvalue weighted by molar-refractivity contribution is 0.438. The molecule has 0 fully saturated rings. The van der Waals surface area contributed by atoms with E-state index in [1.165, 1.54) is 111 Å². The van der Waals surface area contributed by atoms with Crippen molar-refractivity contribution >= 4 is 21.5 Å². The lowest BCUT2D eigenvalue weighted by Crippen LogP contribution is -2.32. The van der Waals surface area contributed by atoms with Gasteiger partial charge in [0, 0.05) is 11.1 Å². The van der Waals surface area contributed by atoms with E-state index in [0.717, 1.165) is 11.5 Å². The van der Waals surface area contributed by atoms with E-state index in [-0.39, 0.29) is 0 Å². The van der Waals surface area contributed by atoms with Crippen molar-refractivity contribution in [3.63, 3.8) is 0 Å². The van der Waals surface area contributed by atoms with Crippen LogP contribution in [0, 0.1) is 0 Å². The molecule has 1 aliphatic heterocycles. The molecule has 0 saturated carbocycles. The first-order valence-corrected chi connectivity index (χ1v) is 20.7. The second kappa shape index (κ2) is 11.1. The fraction of sp³-hybridized carbons (Fsp3) is 0.0345. The molecular weight excluding hydrogens is 713 g/mol. The quantitative estimate of drug-likeness (QED) is 0.163. The molecule has 1 nitrogen and oxygen atoms in total. The van der Waals surface area contributed by atoms with Crippen molar-refractivity contribution in [2.75, 3.05) is 0 Å². The van der Waals surface area contributed by atoms with E-state index in [0.29, 0.717) is 0 Å². The second-order valence-electron chi connectivity index (χ2n) is 16.6. The van der Waals surface area contributed by atoms with E-state index in [4.69, 9.17) is 4.74 Å². The third-order valence-corrected chi connectivity index (χ3v) is 14.1. The Labute approximate surface area is 342 Å². The van der Waals surface area contributed by atoms with E-state index in [1.54, 1.807) is 0 Å². The van der Waals surface area contributed by atoms with E-state index in [1.807, 2.05) is 0 Å². The number of ether oxygens (including phenoxy) is 1. The predicted molar refractivity (Wildman–Crippen MR) is 241 cm³/mol. The van der Waals surface area contributed by atoms with Crippen LogP contribution in [0.25, 0.3) is 66.1 Å². The summed E-state index contributed by atoms with van der Waals surface area (Å²) in [5.74, 6) is 1.82. The summed E-state index contributed by atoms with van der Waals surface area (Å²) in [7, 11) is 0. The standard InChI is InChI=1S/C58H34O/c1-3-15-39-35(13-1)25-30-46-44-20-8-12-24-50(44)57(55(39)46)47-21-9-7-19-43(47)45-29-26-37(33-51(45)57)38-28-31-53-52(34-38)58(56-40-16-4-2-14-36(40)27-32-54(56)59-53)48-22-10-5-17-41(48)42-18-6-11-23-49(42)58/h1-34H. The monoisotopic (exact) mass is 746 g/mol. The molecule has 1 heteroatoms. The molecule has 1 heterocycles. The number of hydrogen-bond donors (Lipinski definition) is 0. The van der Waals surface area contributed by atoms with Gasteiger partial charge in [-0.2, -0.15) is 0 Å². The van der Waals surface area contributed by atoms with E-state index < -0.39 is 10.8 Å². The van der Waals surface area contributed by atoms with Gasteiger partial charge in [0.2, 0.25) is 0 Å². The van der Waals surface area contributed by atoms with Crippen LogP contribution in [0.1, 0.15) is 44.5 Å². The smallest absolute Gasteiger partial charge is 0.132 e. The Bertz CT molecular complexity index is 3440. The van der Waals surface area contributed by atoms with Crippen LogP contribution >= 0.6 is 0 Å². The summed E-state index contributed by atoms with van der Waals surface area (Å²) in [6.07, 6.45) is 0. The third kappa shape index (κ3) is 3.73. The van der Waals surface area contributed by atoms with Crippen molar-refractivity contribution in [2.45, 2.75) is 10.8 Å². The van der Waals surface area contributed by atoms with Gasteiger partial charge in [-0.05, 0) is 124 Å². The van der Waals surface area contributed by atoms with Crippen LogP contribution < -0.4 is 4.74 Å². The molecule has 4 aliphatic rings. The summed E-state index contributed by atoms with van der Waals surface area (Å²) in [5, 5.41) is 5.01. The first-order valence-electron chi connectivity index (χ1n) is 20.7. The lowest BCUT2D eigenvalue weighted by atomic mass is 9.64. The molecule has 59 heavy (non-hydrogen) atoms. The van der Waals surface area contributed by atoms with Crippen LogP contribution in [-0.4, -0.2) is 0 Å². The molecule has 0 aromatic heterocycles. The minimum Gasteiger partial charge on any atom is -0.457 e. The summed E-state index contributed by atoms with van der Waals surface area (Å²) < 4.78 is 7.00. The van der Waals surface area contributed by atoms with Crippen molar-refractivity contribution in [1.29, 1.82) is 0 Å². The molecule has 0 saturated heterocycles. The van der Waals surface area contributed by atoms with Gasteiger partial charge in [-0.15, -0.1) is 0 Å². The Morgan fingerprint density at radius 1 is 0.271 bits per heavy atom. The summed E-state index contributed by atoms with van der Waals surface area (Å²) in [6.45, 7) is 0. The Kier molecular flexibility index (Phi) is 5.96. The zero-order valence-corrected chi connectivity index (χ0v) is 32.0. The highest BCUT2D eigenvalue weighted by molar-refractivity contribution is 6.04. The van der Waals surface area contributed by atoms with Gasteiger partial charge >= 0.3 is 0 Å². The molecule has 10 aromatic rings. The summed E-state index contributed by atoms with van der Waals surface area (Å²) in [6, 6.07) is 77.2. The van der Waals surface area contributed by atoms with Crippen LogP contribution in [0.2, 0.25) is 0 Å². The first kappa shape index (κ1) is 31.6. The molecule has 0 radical (unpaired) electrons. The van der Waals surface area contributed by atoms with Crippen LogP contribution in [0.15, 0.2) is 206 Å². The fourth-order valence-electron chi connectivity index (χ4n) is 12.0. The van der Waals surface area contributed by atoms with Gasteiger partial charge in [-0.1, -0.05) is 182 Å². The van der Waals surface area contributed by atoms with Gasteiger partial charge in [0.25, 0.3) is 0 Å². The average Bonchev–Trinajstić information content (AvgIpc) is 3.89. The van der Waals surface area contributed by atoms with Crippen LogP contribution in [0.5, 0.6) is 11.5 Å². The first-order chi connectivity index (χ1) is 29.3. The Balaban J connectivity index is 1.07. The summed E-state index contributed by atoms with van der Waals surface area (Å²) in [5.41, 5.74) is 19.6. The maximum absolute atomic E-state index is 7.00. The molecular formula is C58H34O. The molecule has 1 atom stereocenters. The number of fused-ring (bicyclic) bond motifs is 23. The highest BCUT2D eigenvalue weighted by Crippen LogP contribution is 2.66. The zero-order valence-electron chi connectivity index (χ0n) is 32.0. The van der Waals surface area contributed by atoms with Crippen molar-refractivity contribution in [2.24, 2.45) is 0 Å². The maximum atomic E-state index is 7.00. The predicted octanol–water partition coefficient (Wildman–Crippen LogP) is 14.5. The molecule has 10 aromatic carbocycles. The minimum atomic E-state index is -0.580. The van der Waals surface area contributed by atoms with Crippen LogP contribution in [0.4, 0.5) is 0 Å². The number of hydrogen-bond acceptors (Lipinski definition) is 1. The third-order valence-electron chi connectivity index (χ3n) is 14.1. The molecule has 0 N–H and O–H groups in total. The van der Waals surface area contributed by atoms with Gasteiger partial charge < -0.3 is 4.74 Å². The topological polar surface area (TPSA) is 9.23 Å². The molecule has 272 valence electrons. The number of benzene rings is 10. The van der Waals surface area contributed by atoms with Crippen molar-refractivity contribution in [1.82, 2.24) is 0 Å². The molecule has 0 amide bonds. The van der Waals surface area contributed by atoms with Crippen molar-refractivity contribution in [3.8, 4) is 56.0 Å². The van der Waals surface area contributed by atoms with Crippen molar-refractivity contribution in [3.05, 3.63) is 251 Å². The highest BCUT2D eigenvalue weighted by Gasteiger charge is 2.54. The molecule has 14 rings (SSSR count). The van der Waals surface area contributed by atoms with Gasteiger partial charge in [0.05, 0.1) is 10.8 Å². The van der Waals surface area contributed by atoms with E-state index >= 15 is 0 Å². The van der Waals surface area contributed by atoms with Gasteiger partial charge in [0.1, 0.15) is 11.5 Å². The largest absolute Gasteiger partial charge is 0.457 e. The average molecular weight is 747 g/mol. The SMILES string of the molecule is c1ccc2c(c1)-c1ccccc1C21c2cc(-c3ccc4c(c3)C3(c5ccccc5-4)c4ccccc4-c4ccc5ccccc5c43)ccc2Oc2ccc3ccccc3c21. The Morgan fingerprint density at radius 3 is 1.29 bits per heavy atom. The van der Waals surface area contributed by atoms with Gasteiger partial charge in [0.15, 0.2) is 0 Å². The second-order valence-corrected chi connectivity index (χ2v) is 16.6. The van der Waals surface area contributed by atoms with E-state index in [2.05, 4.69) is 206 Å². The maximum Gasteiger partial charge on any atom is 0.132 e. The normalized spacial score (nSPS) is 16.5. The Morgan fingerprint density at radius 2 is 0.678 bits per heavy atom. The van der Waals surface area contributed by atoms with Crippen molar-refractivity contribution < 1.29 is 4.74 Å². The summed E-state index contributed by atoms with van der Waals surface area (Å²) >= 11 is 0. The fourth-order valence-corrected chi connectivity index (χ4v) is 12.0. The summed E-state index contributed by atoms with van der Waals surface area (Å²) in [4.78, 5) is 0.